The first-order valence-electron chi connectivity index (χ1n) is 20.4. The van der Waals surface area contributed by atoms with Gasteiger partial charge in [0.2, 0.25) is 0 Å². The first kappa shape index (κ1) is 43.8. The van der Waals surface area contributed by atoms with Gasteiger partial charge in [-0.3, -0.25) is 19.3 Å². The molecule has 7 atom stereocenters. The molecule has 0 spiro atoms. The van der Waals surface area contributed by atoms with Gasteiger partial charge in [0, 0.05) is 82.1 Å². The van der Waals surface area contributed by atoms with Crippen molar-refractivity contribution < 1.29 is 23.2 Å². The highest BCUT2D eigenvalue weighted by molar-refractivity contribution is 7.84. The van der Waals surface area contributed by atoms with E-state index in [0.29, 0.717) is 29.8 Å². The minimum absolute atomic E-state index is 0.00950. The number of allylic oxidation sites excluding steroid dienone is 1. The van der Waals surface area contributed by atoms with Crippen LogP contribution in [0.4, 0.5) is 0 Å². The summed E-state index contributed by atoms with van der Waals surface area (Å²) in [5.74, 6) is 1.34. The van der Waals surface area contributed by atoms with Gasteiger partial charge in [-0.05, 0) is 119 Å². The summed E-state index contributed by atoms with van der Waals surface area (Å²) in [6.07, 6.45) is 9.57. The number of rotatable bonds is 9. The number of aryl methyl sites for hydroxylation is 1. The molecule has 7 unspecified atom stereocenters. The molecule has 4 aliphatic rings. The zero-order chi connectivity index (χ0) is 39.8. The molecule has 1 N–H and O–H groups in total. The van der Waals surface area contributed by atoms with Crippen LogP contribution < -0.4 is 9.46 Å². The third-order valence-corrected chi connectivity index (χ3v) is 14.3. The highest BCUT2D eigenvalue weighted by Crippen LogP contribution is 2.46. The number of nitrogens with zero attached hydrogens (tertiary/aromatic N) is 3. The lowest BCUT2D eigenvalue weighted by Gasteiger charge is -2.53. The minimum atomic E-state index is -1.55. The number of methoxy groups -OCH3 is 2. The number of fused-ring (bicyclic) bond motifs is 14. The number of hydrogen-bond donors (Lipinski definition) is 1. The van der Waals surface area contributed by atoms with E-state index in [0.717, 1.165) is 89.5 Å². The van der Waals surface area contributed by atoms with Crippen LogP contribution in [0, 0.1) is 17.8 Å². The number of benzene rings is 2. The van der Waals surface area contributed by atoms with Crippen LogP contribution in [0.15, 0.2) is 54.6 Å². The van der Waals surface area contributed by atoms with E-state index in [1.54, 1.807) is 19.2 Å². The van der Waals surface area contributed by atoms with E-state index in [-0.39, 0.29) is 28.5 Å². The number of nitrogens with one attached hydrogen (secondary N) is 1. The molecule has 55 heavy (non-hydrogen) atoms. The Morgan fingerprint density at radius 1 is 1.05 bits per heavy atom. The number of likely N-dealkylation sites (N-methyl/N-ethyl adjacent to an activating group) is 1. The predicted molar refractivity (Wildman–Crippen MR) is 226 cm³/mol. The standard InChI is InChI=1S/C44H67ClN4O5S/c1-9-11-35-26-38(45)16-19-40(35)37-28-47(6)27-36-15-20-41(36)44(53-8,31-48-22-23-49(24-25-52-7)43(4,5)30-48)21-10-12-32(2)33(3)55(51)46-42(50)34-13-17-39(18-14-34)54-29-37/h10,13-14,16-19,21,26,32-33,36-37,41H,9,11-12,15,20,22-25,27-31H2,1-8H3,(H,46,50)/b21-10+. The van der Waals surface area contributed by atoms with Gasteiger partial charge in [0.1, 0.15) is 22.3 Å². The Kier molecular flexibility index (Phi) is 15.9. The Bertz CT molecular complexity index is 1610. The van der Waals surface area contributed by atoms with Crippen molar-refractivity contribution in [1.82, 2.24) is 19.4 Å². The second-order valence-corrected chi connectivity index (χ2v) is 19.0. The molecule has 1 saturated carbocycles. The average molecular weight is 800 g/mol. The number of amides is 1. The van der Waals surface area contributed by atoms with Crippen LogP contribution in [0.1, 0.15) is 87.7 Å². The summed E-state index contributed by atoms with van der Waals surface area (Å²) in [7, 11) is 4.35. The number of carbonyl (C=O) groups is 1. The largest absolute Gasteiger partial charge is 0.493 e. The fourth-order valence-electron chi connectivity index (χ4n) is 8.98. The maximum atomic E-state index is 13.4. The highest BCUT2D eigenvalue weighted by Gasteiger charge is 2.49. The topological polar surface area (TPSA) is 83.6 Å². The van der Waals surface area contributed by atoms with Crippen LogP contribution in [0.25, 0.3) is 0 Å². The highest BCUT2D eigenvalue weighted by atomic mass is 35.5. The molecule has 6 rings (SSSR count). The second kappa shape index (κ2) is 19.9. The lowest BCUT2D eigenvalue weighted by Crippen LogP contribution is -2.63. The van der Waals surface area contributed by atoms with Gasteiger partial charge in [-0.2, -0.15) is 0 Å². The summed E-state index contributed by atoms with van der Waals surface area (Å²) in [4.78, 5) is 20.8. The fraction of sp³-hybridized carbons (Fsp3) is 0.659. The van der Waals surface area contributed by atoms with E-state index < -0.39 is 16.6 Å². The van der Waals surface area contributed by atoms with Gasteiger partial charge < -0.3 is 19.1 Å². The van der Waals surface area contributed by atoms with Crippen molar-refractivity contribution in [3.8, 4) is 5.75 Å². The molecule has 3 heterocycles. The van der Waals surface area contributed by atoms with Crippen LogP contribution in [0.3, 0.4) is 0 Å². The maximum absolute atomic E-state index is 13.4. The van der Waals surface area contributed by atoms with Crippen LogP contribution in [0.5, 0.6) is 5.75 Å². The smallest absolute Gasteiger partial charge is 0.262 e. The Morgan fingerprint density at radius 2 is 1.82 bits per heavy atom. The summed E-state index contributed by atoms with van der Waals surface area (Å²) in [6.45, 7) is 18.6. The predicted octanol–water partition coefficient (Wildman–Crippen LogP) is 7.22. The van der Waals surface area contributed by atoms with Crippen molar-refractivity contribution in [2.75, 3.05) is 80.3 Å². The molecule has 1 saturated heterocycles. The zero-order valence-corrected chi connectivity index (χ0v) is 36.2. The number of hydrogen-bond acceptors (Lipinski definition) is 8. The second-order valence-electron chi connectivity index (χ2n) is 17.0. The molecule has 1 amide bonds. The van der Waals surface area contributed by atoms with Crippen molar-refractivity contribution in [2.45, 2.75) is 89.0 Å². The van der Waals surface area contributed by atoms with Crippen molar-refractivity contribution >= 4 is 28.5 Å². The molecule has 2 aromatic carbocycles. The summed E-state index contributed by atoms with van der Waals surface area (Å²) in [5, 5.41) is 0.513. The number of carbonyl (C=O) groups excluding carboxylic acids is 1. The van der Waals surface area contributed by atoms with Gasteiger partial charge in [-0.15, -0.1) is 0 Å². The number of piperazine rings is 1. The van der Waals surface area contributed by atoms with E-state index in [1.165, 1.54) is 11.1 Å². The molecule has 2 fully saturated rings. The molecular weight excluding hydrogens is 732 g/mol. The van der Waals surface area contributed by atoms with E-state index in [9.17, 15) is 9.00 Å². The monoisotopic (exact) mass is 798 g/mol. The summed E-state index contributed by atoms with van der Waals surface area (Å²) in [6, 6.07) is 13.4. The maximum Gasteiger partial charge on any atom is 0.262 e. The minimum Gasteiger partial charge on any atom is -0.493 e. The first-order chi connectivity index (χ1) is 26.3. The van der Waals surface area contributed by atoms with Gasteiger partial charge in [0.15, 0.2) is 0 Å². The van der Waals surface area contributed by atoms with Gasteiger partial charge in [-0.1, -0.05) is 50.1 Å². The average Bonchev–Trinajstić information content (AvgIpc) is 3.14. The first-order valence-corrected chi connectivity index (χ1v) is 22.0. The lowest BCUT2D eigenvalue weighted by molar-refractivity contribution is -0.110. The Hall–Kier alpha value is -2.31. The molecule has 306 valence electrons. The summed E-state index contributed by atoms with van der Waals surface area (Å²) in [5.41, 5.74) is 2.52. The van der Waals surface area contributed by atoms with E-state index in [4.69, 9.17) is 25.8 Å². The molecular formula is C44H67ClN4O5S. The van der Waals surface area contributed by atoms with Crippen molar-refractivity contribution in [3.63, 3.8) is 0 Å². The lowest BCUT2D eigenvalue weighted by atomic mass is 9.63. The molecule has 0 radical (unpaired) electrons. The van der Waals surface area contributed by atoms with Crippen LogP contribution in [0.2, 0.25) is 5.02 Å². The van der Waals surface area contributed by atoms with Gasteiger partial charge in [0.05, 0.1) is 18.5 Å². The Morgan fingerprint density at radius 3 is 2.47 bits per heavy atom. The van der Waals surface area contributed by atoms with Crippen LogP contribution >= 0.6 is 11.6 Å². The van der Waals surface area contributed by atoms with Crippen molar-refractivity contribution in [2.24, 2.45) is 17.8 Å². The van der Waals surface area contributed by atoms with Crippen LogP contribution in [-0.2, 0) is 26.9 Å². The van der Waals surface area contributed by atoms with Crippen molar-refractivity contribution in [3.05, 3.63) is 76.3 Å². The van der Waals surface area contributed by atoms with Gasteiger partial charge in [-0.25, -0.2) is 4.21 Å². The molecule has 1 aliphatic carbocycles. The molecule has 2 bridgehead atoms. The quantitative estimate of drug-likeness (QED) is 0.267. The molecule has 9 nitrogen and oxygen atoms in total. The molecule has 11 heteroatoms. The third kappa shape index (κ3) is 11.2. The molecule has 3 aliphatic heterocycles. The van der Waals surface area contributed by atoms with E-state index in [1.807, 2.05) is 32.2 Å². The number of ether oxygens (including phenoxy) is 3. The number of halogens is 1. The molecule has 2 aromatic rings. The fourth-order valence-corrected chi connectivity index (χ4v) is 10.2. The van der Waals surface area contributed by atoms with E-state index >= 15 is 0 Å². The van der Waals surface area contributed by atoms with Crippen LogP contribution in [-0.4, -0.2) is 122 Å². The Balaban J connectivity index is 1.46. The van der Waals surface area contributed by atoms with Crippen molar-refractivity contribution in [1.29, 1.82) is 0 Å². The third-order valence-electron chi connectivity index (χ3n) is 12.6. The summed E-state index contributed by atoms with van der Waals surface area (Å²) < 4.78 is 34.8. The Labute approximate surface area is 339 Å². The normalized spacial score (nSPS) is 31.0. The molecule has 0 aromatic heterocycles. The van der Waals surface area contributed by atoms with Gasteiger partial charge in [0.25, 0.3) is 5.91 Å². The SMILES string of the molecule is CCCc1cc(Cl)ccc1C1COc2ccc(cc2)C(=O)NS(=O)C(C)C(C)C/C=C/C(CN2CCN(CCOC)C(C)(C)C2)(OC)C2CCC2CN(C)C1. The van der Waals surface area contributed by atoms with Gasteiger partial charge >= 0.3 is 0 Å². The van der Waals surface area contributed by atoms with E-state index in [2.05, 4.69) is 78.4 Å². The summed E-state index contributed by atoms with van der Waals surface area (Å²) >= 11 is 6.52. The zero-order valence-electron chi connectivity index (χ0n) is 34.7.